The summed E-state index contributed by atoms with van der Waals surface area (Å²) in [5, 5.41) is 2.78. The normalized spacial score (nSPS) is 36.4. The molecule has 5 aliphatic rings. The number of hydrogen-bond donors (Lipinski definition) is 1. The van der Waals surface area contributed by atoms with E-state index in [1.807, 2.05) is 20.8 Å². The number of allylic oxidation sites excluding steroid dienone is 2. The number of methoxy groups -OCH3 is 1. The van der Waals surface area contributed by atoms with Gasteiger partial charge < -0.3 is 19.7 Å². The van der Waals surface area contributed by atoms with Crippen LogP contribution in [0.4, 0.5) is 4.79 Å². The lowest BCUT2D eigenvalue weighted by Gasteiger charge is -2.41. The minimum atomic E-state index is -0.810. The monoisotopic (exact) mass is 432 g/mol. The molecule has 2 saturated carbocycles. The fourth-order valence-corrected chi connectivity index (χ4v) is 6.19. The molecule has 0 spiro atoms. The van der Waals surface area contributed by atoms with Crippen LogP contribution in [0, 0.1) is 40.9 Å². The fraction of sp³-hybridized carbons (Fsp3) is 0.792. The van der Waals surface area contributed by atoms with Gasteiger partial charge in [-0.2, -0.15) is 0 Å². The van der Waals surface area contributed by atoms with Gasteiger partial charge in [-0.25, -0.2) is 9.59 Å². The highest BCUT2D eigenvalue weighted by atomic mass is 16.6. The second kappa shape index (κ2) is 7.24. The molecule has 5 rings (SSSR count). The van der Waals surface area contributed by atoms with Crippen molar-refractivity contribution in [3.63, 3.8) is 0 Å². The number of carbonyl (C=O) groups excluding carboxylic acids is 3. The Kier molecular flexibility index (Phi) is 5.17. The number of likely N-dealkylation sites (tertiary alicyclic amines) is 1. The van der Waals surface area contributed by atoms with Crippen LogP contribution in [0.3, 0.4) is 0 Å². The summed E-state index contributed by atoms with van der Waals surface area (Å²) >= 11 is 0. The second-order valence-electron chi connectivity index (χ2n) is 11.7. The molecule has 0 aromatic carbocycles. The number of hydrogen-bond acceptors (Lipinski definition) is 5. The molecule has 1 N–H and O–H groups in total. The van der Waals surface area contributed by atoms with Crippen LogP contribution in [-0.2, 0) is 19.1 Å². The fourth-order valence-electron chi connectivity index (χ4n) is 6.19. The number of nitrogens with zero attached hydrogens (tertiary/aromatic N) is 1. The number of alkyl carbamates (subject to hydrolysis) is 1. The van der Waals surface area contributed by atoms with E-state index < -0.39 is 29.2 Å². The molecular weight excluding hydrogens is 396 g/mol. The van der Waals surface area contributed by atoms with Gasteiger partial charge >= 0.3 is 12.1 Å². The molecule has 0 radical (unpaired) electrons. The first-order valence-corrected chi connectivity index (χ1v) is 11.4. The van der Waals surface area contributed by atoms with E-state index in [9.17, 15) is 14.4 Å². The first-order chi connectivity index (χ1) is 14.3. The standard InChI is InChI=1S/C24H36N2O5/c1-23(2,3)19(25-22(29)31-24(4,5)6)20(27)26-11-16-12-8-9-13(15-10-14(12)15)17(16)18(26)21(28)30-7/h8-9,12-19H,10-11H2,1-7H3,(H,25,29)/t12-,13+,14+,15-,16-,17+,18?,19-/m1/s1. The largest absolute Gasteiger partial charge is 0.467 e. The first-order valence-electron chi connectivity index (χ1n) is 11.4. The average molecular weight is 433 g/mol. The number of amides is 2. The van der Waals surface area contributed by atoms with Gasteiger partial charge in [-0.05, 0) is 62.2 Å². The van der Waals surface area contributed by atoms with Crippen LogP contribution in [0.1, 0.15) is 48.0 Å². The van der Waals surface area contributed by atoms with Gasteiger partial charge in [-0.3, -0.25) is 4.79 Å². The molecular formula is C24H36N2O5. The summed E-state index contributed by atoms with van der Waals surface area (Å²) in [5.41, 5.74) is -1.22. The molecule has 172 valence electrons. The summed E-state index contributed by atoms with van der Waals surface area (Å²) in [6.07, 6.45) is 5.17. The number of carbonyl (C=O) groups is 3. The van der Waals surface area contributed by atoms with E-state index in [1.165, 1.54) is 13.5 Å². The van der Waals surface area contributed by atoms with E-state index in [-0.39, 0.29) is 23.7 Å². The van der Waals surface area contributed by atoms with Gasteiger partial charge in [0.2, 0.25) is 5.91 Å². The zero-order valence-electron chi connectivity index (χ0n) is 19.7. The van der Waals surface area contributed by atoms with E-state index >= 15 is 0 Å². The summed E-state index contributed by atoms with van der Waals surface area (Å²) in [7, 11) is 1.38. The Morgan fingerprint density at radius 2 is 1.61 bits per heavy atom. The van der Waals surface area contributed by atoms with Crippen molar-refractivity contribution in [3.05, 3.63) is 12.2 Å². The Balaban J connectivity index is 1.60. The minimum absolute atomic E-state index is 0.0947. The summed E-state index contributed by atoms with van der Waals surface area (Å²) in [6.45, 7) is 11.6. The van der Waals surface area contributed by atoms with Crippen molar-refractivity contribution >= 4 is 18.0 Å². The molecule has 3 fully saturated rings. The number of esters is 1. The van der Waals surface area contributed by atoms with Crippen LogP contribution in [0.15, 0.2) is 12.2 Å². The lowest BCUT2D eigenvalue weighted by molar-refractivity contribution is -0.154. The Morgan fingerprint density at radius 1 is 1.00 bits per heavy atom. The van der Waals surface area contributed by atoms with E-state index in [0.29, 0.717) is 30.2 Å². The Labute approximate surface area is 184 Å². The third kappa shape index (κ3) is 3.85. The number of nitrogens with one attached hydrogen (secondary N) is 1. The lowest BCUT2D eigenvalue weighted by Crippen LogP contribution is -2.58. The lowest BCUT2D eigenvalue weighted by atomic mass is 9.62. The summed E-state index contributed by atoms with van der Waals surface area (Å²) < 4.78 is 10.6. The van der Waals surface area contributed by atoms with Crippen molar-refractivity contribution < 1.29 is 23.9 Å². The molecule has 7 nitrogen and oxygen atoms in total. The van der Waals surface area contributed by atoms with Crippen molar-refractivity contribution in [3.8, 4) is 0 Å². The smallest absolute Gasteiger partial charge is 0.408 e. The van der Waals surface area contributed by atoms with Crippen LogP contribution in [-0.4, -0.2) is 54.2 Å². The highest BCUT2D eigenvalue weighted by Crippen LogP contribution is 2.66. The third-order valence-corrected chi connectivity index (χ3v) is 7.48. The van der Waals surface area contributed by atoms with Gasteiger partial charge in [-0.1, -0.05) is 32.9 Å². The predicted octanol–water partition coefficient (Wildman–Crippen LogP) is 2.99. The van der Waals surface area contributed by atoms with E-state index in [4.69, 9.17) is 9.47 Å². The van der Waals surface area contributed by atoms with Crippen molar-refractivity contribution in [2.75, 3.05) is 13.7 Å². The molecule has 2 bridgehead atoms. The maximum Gasteiger partial charge on any atom is 0.408 e. The summed E-state index contributed by atoms with van der Waals surface area (Å²) in [4.78, 5) is 40.9. The molecule has 0 aromatic heterocycles. The molecule has 1 heterocycles. The van der Waals surface area contributed by atoms with Crippen LogP contribution < -0.4 is 5.32 Å². The molecule has 1 unspecified atom stereocenters. The average Bonchev–Trinajstić information content (AvgIpc) is 3.37. The molecule has 0 aromatic rings. The van der Waals surface area contributed by atoms with Crippen molar-refractivity contribution in [2.45, 2.75) is 65.6 Å². The highest BCUT2D eigenvalue weighted by Gasteiger charge is 2.66. The minimum Gasteiger partial charge on any atom is -0.467 e. The summed E-state index contributed by atoms with van der Waals surface area (Å²) in [6, 6.07) is -1.42. The zero-order chi connectivity index (χ0) is 22.9. The SMILES string of the molecule is COC(=O)C1[C@H]2[C@H]3C=C[C@@H]([C@H]2CN1C(=O)[C@@H](NC(=O)OC(C)(C)C)C(C)(C)C)[C@@H]1C[C@H]31. The highest BCUT2D eigenvalue weighted by molar-refractivity contribution is 5.91. The van der Waals surface area contributed by atoms with Gasteiger partial charge in [0, 0.05) is 12.5 Å². The van der Waals surface area contributed by atoms with Gasteiger partial charge in [0.25, 0.3) is 0 Å². The molecule has 4 aliphatic carbocycles. The zero-order valence-corrected chi connectivity index (χ0v) is 19.7. The van der Waals surface area contributed by atoms with Crippen LogP contribution in [0.5, 0.6) is 0 Å². The number of rotatable bonds is 3. The maximum atomic E-state index is 13.8. The quantitative estimate of drug-likeness (QED) is 0.547. The van der Waals surface area contributed by atoms with E-state index in [0.717, 1.165) is 0 Å². The Morgan fingerprint density at radius 3 is 2.19 bits per heavy atom. The van der Waals surface area contributed by atoms with Crippen molar-refractivity contribution in [1.29, 1.82) is 0 Å². The molecule has 1 aliphatic heterocycles. The van der Waals surface area contributed by atoms with Crippen LogP contribution >= 0.6 is 0 Å². The first kappa shape index (κ1) is 22.2. The van der Waals surface area contributed by atoms with Crippen LogP contribution in [0.2, 0.25) is 0 Å². The van der Waals surface area contributed by atoms with Crippen molar-refractivity contribution in [1.82, 2.24) is 10.2 Å². The molecule has 31 heavy (non-hydrogen) atoms. The van der Waals surface area contributed by atoms with Crippen LogP contribution in [0.25, 0.3) is 0 Å². The predicted molar refractivity (Wildman–Crippen MR) is 115 cm³/mol. The molecule has 2 amide bonds. The van der Waals surface area contributed by atoms with Crippen molar-refractivity contribution in [2.24, 2.45) is 40.9 Å². The maximum absolute atomic E-state index is 13.8. The van der Waals surface area contributed by atoms with Gasteiger partial charge in [0.15, 0.2) is 0 Å². The molecule has 1 saturated heterocycles. The molecule has 7 heteroatoms. The molecule has 8 atom stereocenters. The number of ether oxygens (including phenoxy) is 2. The van der Waals surface area contributed by atoms with Gasteiger partial charge in [0.1, 0.15) is 17.7 Å². The topological polar surface area (TPSA) is 84.9 Å². The second-order valence-corrected chi connectivity index (χ2v) is 11.7. The third-order valence-electron chi connectivity index (χ3n) is 7.48. The van der Waals surface area contributed by atoms with Gasteiger partial charge in [-0.15, -0.1) is 0 Å². The summed E-state index contributed by atoms with van der Waals surface area (Å²) in [5.74, 6) is 1.86. The Bertz CT molecular complexity index is 808. The van der Waals surface area contributed by atoms with E-state index in [2.05, 4.69) is 17.5 Å². The van der Waals surface area contributed by atoms with Gasteiger partial charge in [0.05, 0.1) is 7.11 Å². The Hall–Kier alpha value is -2.05. The van der Waals surface area contributed by atoms with E-state index in [1.54, 1.807) is 25.7 Å².